The summed E-state index contributed by atoms with van der Waals surface area (Å²) in [4.78, 5) is 23.8. The Kier molecular flexibility index (Phi) is 6.82. The van der Waals surface area contributed by atoms with Crippen LogP contribution in [0.25, 0.3) is 22.6 Å². The van der Waals surface area contributed by atoms with E-state index in [1.165, 1.54) is 4.57 Å². The minimum Gasteiger partial charge on any atom is -0.394 e. The quantitative estimate of drug-likeness (QED) is 0.354. The highest BCUT2D eigenvalue weighted by Crippen LogP contribution is 2.21. The summed E-state index contributed by atoms with van der Waals surface area (Å²) >= 11 is 0. The number of benzene rings is 1. The van der Waals surface area contributed by atoms with Crippen molar-refractivity contribution in [2.24, 2.45) is 0 Å². The summed E-state index contributed by atoms with van der Waals surface area (Å²) in [5.41, 5.74) is 2.08. The predicted octanol–water partition coefficient (Wildman–Crippen LogP) is -0.800. The number of hydrogen-bond acceptors (Lipinski definition) is 10. The van der Waals surface area contributed by atoms with E-state index in [2.05, 4.69) is 15.1 Å². The van der Waals surface area contributed by atoms with Gasteiger partial charge in [-0.15, -0.1) is 0 Å². The largest absolute Gasteiger partial charge is 0.394 e. The summed E-state index contributed by atoms with van der Waals surface area (Å²) in [7, 11) is 3.69. The molecule has 3 aromatic rings. The molecule has 0 saturated carbocycles. The number of aromatic nitrogens is 4. The van der Waals surface area contributed by atoms with Gasteiger partial charge in [0, 0.05) is 0 Å². The number of rotatable bonds is 8. The van der Waals surface area contributed by atoms with Gasteiger partial charge in [-0.2, -0.15) is 4.98 Å². The zero-order valence-corrected chi connectivity index (χ0v) is 17.8. The fraction of sp³-hybridized carbons (Fsp3) is 0.500. The molecule has 11 heteroatoms. The molecule has 3 rings (SSSR count). The minimum absolute atomic E-state index is 0.0545. The molecule has 168 valence electrons. The molecule has 11 nitrogen and oxygen atoms in total. The van der Waals surface area contributed by atoms with Gasteiger partial charge in [-0.25, -0.2) is 4.98 Å². The first-order chi connectivity index (χ1) is 14.6. The molecule has 31 heavy (non-hydrogen) atoms. The summed E-state index contributed by atoms with van der Waals surface area (Å²) in [6.07, 6.45) is -4.72. The number of aliphatic hydroxyl groups excluding tert-OH is 4. The molecule has 0 bridgehead atoms. The van der Waals surface area contributed by atoms with Crippen molar-refractivity contribution in [1.82, 2.24) is 24.6 Å². The smallest absolute Gasteiger partial charge is 0.282 e. The lowest BCUT2D eigenvalue weighted by molar-refractivity contribution is -0.0805. The summed E-state index contributed by atoms with van der Waals surface area (Å²) in [6.45, 7) is 3.12. The fourth-order valence-corrected chi connectivity index (χ4v) is 3.17. The average molecular weight is 433 g/mol. The lowest BCUT2D eigenvalue weighted by Gasteiger charge is -2.23. The molecule has 1 aromatic carbocycles. The number of aliphatic hydroxyl groups is 4. The Morgan fingerprint density at radius 3 is 2.42 bits per heavy atom. The van der Waals surface area contributed by atoms with Crippen LogP contribution >= 0.6 is 0 Å². The van der Waals surface area contributed by atoms with Crippen molar-refractivity contribution >= 4 is 11.0 Å². The third-order valence-corrected chi connectivity index (χ3v) is 5.04. The molecule has 2 heterocycles. The standard InChI is InChI=1S/C20H27N5O6/c1-10-5-12-13(6-11(10)2)25(7-14(27)18(29)15(28)9-26)20(30)17(21-12)19-22-16(23-31-19)8-24(3)4/h5-6,14-15,18,26-29H,7-9H2,1-4H3/t14-,15+,18-/m0/s1. The Balaban J connectivity index is 2.15. The van der Waals surface area contributed by atoms with E-state index in [1.807, 2.05) is 32.8 Å². The minimum atomic E-state index is -1.65. The normalized spacial score (nSPS) is 14.9. The molecule has 0 spiro atoms. The Morgan fingerprint density at radius 2 is 1.77 bits per heavy atom. The van der Waals surface area contributed by atoms with Crippen LogP contribution in [0.5, 0.6) is 0 Å². The molecule has 0 aliphatic heterocycles. The van der Waals surface area contributed by atoms with Crippen LogP contribution in [-0.4, -0.2) is 84.0 Å². The molecule has 0 aliphatic rings. The number of aryl methyl sites for hydroxylation is 2. The Morgan fingerprint density at radius 1 is 1.10 bits per heavy atom. The molecular formula is C20H27N5O6. The number of nitrogens with zero attached hydrogens (tertiary/aromatic N) is 5. The van der Waals surface area contributed by atoms with Crippen LogP contribution in [0.3, 0.4) is 0 Å². The van der Waals surface area contributed by atoms with E-state index in [1.54, 1.807) is 12.1 Å². The third kappa shape index (κ3) is 4.81. The summed E-state index contributed by atoms with van der Waals surface area (Å²) in [5, 5.41) is 43.0. The lowest BCUT2D eigenvalue weighted by atomic mass is 10.1. The van der Waals surface area contributed by atoms with E-state index >= 15 is 0 Å². The molecule has 4 N–H and O–H groups in total. The van der Waals surface area contributed by atoms with Gasteiger partial charge < -0.3 is 34.4 Å². The van der Waals surface area contributed by atoms with Gasteiger partial charge in [-0.05, 0) is 51.2 Å². The van der Waals surface area contributed by atoms with Crippen LogP contribution in [0.4, 0.5) is 0 Å². The molecule has 0 unspecified atom stereocenters. The zero-order valence-electron chi connectivity index (χ0n) is 17.8. The van der Waals surface area contributed by atoms with Crippen molar-refractivity contribution in [1.29, 1.82) is 0 Å². The van der Waals surface area contributed by atoms with Crippen molar-refractivity contribution in [2.75, 3.05) is 20.7 Å². The molecular weight excluding hydrogens is 406 g/mol. The van der Waals surface area contributed by atoms with Gasteiger partial charge in [0.25, 0.3) is 11.4 Å². The van der Waals surface area contributed by atoms with E-state index in [9.17, 15) is 20.1 Å². The van der Waals surface area contributed by atoms with Gasteiger partial charge >= 0.3 is 0 Å². The number of hydrogen-bond donors (Lipinski definition) is 4. The van der Waals surface area contributed by atoms with Crippen LogP contribution in [-0.2, 0) is 13.1 Å². The predicted molar refractivity (Wildman–Crippen MR) is 111 cm³/mol. The average Bonchev–Trinajstić information content (AvgIpc) is 3.17. The second-order valence-corrected chi connectivity index (χ2v) is 7.86. The highest BCUT2D eigenvalue weighted by Gasteiger charge is 2.27. The maximum atomic E-state index is 13.3. The molecule has 0 fully saturated rings. The van der Waals surface area contributed by atoms with Gasteiger partial charge in [0.05, 0.1) is 30.7 Å². The summed E-state index contributed by atoms with van der Waals surface area (Å²) in [6, 6.07) is 3.56. The first-order valence-electron chi connectivity index (χ1n) is 9.77. The fourth-order valence-electron chi connectivity index (χ4n) is 3.17. The van der Waals surface area contributed by atoms with E-state index in [0.29, 0.717) is 23.4 Å². The van der Waals surface area contributed by atoms with Gasteiger partial charge in [-0.3, -0.25) is 4.79 Å². The summed E-state index contributed by atoms with van der Waals surface area (Å²) < 4.78 is 6.50. The van der Waals surface area contributed by atoms with Crippen LogP contribution in [0, 0.1) is 13.8 Å². The second kappa shape index (κ2) is 9.20. The molecule has 0 saturated heterocycles. The molecule has 3 atom stereocenters. The first-order valence-corrected chi connectivity index (χ1v) is 9.77. The number of fused-ring (bicyclic) bond motifs is 1. The van der Waals surface area contributed by atoms with Crippen LogP contribution in [0.15, 0.2) is 21.5 Å². The topological polar surface area (TPSA) is 158 Å². The van der Waals surface area contributed by atoms with Gasteiger partial charge in [0.2, 0.25) is 0 Å². The maximum Gasteiger partial charge on any atom is 0.282 e. The van der Waals surface area contributed by atoms with E-state index < -0.39 is 30.5 Å². The van der Waals surface area contributed by atoms with E-state index in [-0.39, 0.29) is 18.1 Å². The molecule has 0 radical (unpaired) electrons. The van der Waals surface area contributed by atoms with Gasteiger partial charge in [-0.1, -0.05) is 5.16 Å². The van der Waals surface area contributed by atoms with Crippen molar-refractivity contribution in [3.8, 4) is 11.6 Å². The second-order valence-electron chi connectivity index (χ2n) is 7.86. The van der Waals surface area contributed by atoms with Crippen molar-refractivity contribution in [3.63, 3.8) is 0 Å². The van der Waals surface area contributed by atoms with Crippen molar-refractivity contribution in [2.45, 2.75) is 45.2 Å². The first kappa shape index (κ1) is 23.0. The van der Waals surface area contributed by atoms with Crippen molar-refractivity contribution in [3.05, 3.63) is 39.4 Å². The molecule has 0 amide bonds. The monoisotopic (exact) mass is 433 g/mol. The van der Waals surface area contributed by atoms with Crippen LogP contribution in [0.2, 0.25) is 0 Å². The highest BCUT2D eigenvalue weighted by molar-refractivity contribution is 5.78. The summed E-state index contributed by atoms with van der Waals surface area (Å²) in [5.74, 6) is 0.329. The SMILES string of the molecule is Cc1cc2nc(-c3nc(CN(C)C)no3)c(=O)n(C[C@H](O)[C@H](O)[C@H](O)CO)c2cc1C. The van der Waals surface area contributed by atoms with Gasteiger partial charge in [0.15, 0.2) is 11.5 Å². The van der Waals surface area contributed by atoms with E-state index in [4.69, 9.17) is 9.63 Å². The molecule has 2 aromatic heterocycles. The van der Waals surface area contributed by atoms with Crippen LogP contribution < -0.4 is 5.56 Å². The van der Waals surface area contributed by atoms with Crippen LogP contribution in [0.1, 0.15) is 17.0 Å². The van der Waals surface area contributed by atoms with Gasteiger partial charge in [0.1, 0.15) is 18.3 Å². The van der Waals surface area contributed by atoms with Crippen molar-refractivity contribution < 1.29 is 24.9 Å². The Bertz CT molecular complexity index is 1130. The Labute approximate surface area is 178 Å². The molecule has 0 aliphatic carbocycles. The zero-order chi connectivity index (χ0) is 22.9. The third-order valence-electron chi connectivity index (χ3n) is 5.04. The lowest BCUT2D eigenvalue weighted by Crippen LogP contribution is -2.43. The highest BCUT2D eigenvalue weighted by atomic mass is 16.5. The van der Waals surface area contributed by atoms with E-state index in [0.717, 1.165) is 11.1 Å². The maximum absolute atomic E-state index is 13.3. The Hall–Kier alpha value is -2.70.